The maximum absolute atomic E-state index is 11.4. The van der Waals surface area contributed by atoms with Crippen molar-refractivity contribution in [3.05, 3.63) is 72.2 Å². The molecule has 109 valence electrons. The van der Waals surface area contributed by atoms with Crippen LogP contribution in [0, 0.1) is 0 Å². The van der Waals surface area contributed by atoms with Crippen molar-refractivity contribution in [1.82, 2.24) is 10.6 Å². The molecule has 0 amide bonds. The third-order valence-electron chi connectivity index (χ3n) is 2.77. The topological polar surface area (TPSA) is 58.2 Å². The summed E-state index contributed by atoms with van der Waals surface area (Å²) in [5.41, 5.74) is 1.28. The van der Waals surface area contributed by atoms with Gasteiger partial charge >= 0.3 is 0 Å². The van der Waals surface area contributed by atoms with Gasteiger partial charge < -0.3 is 10.6 Å². The molecular weight excluding hydrogens is 307 g/mol. The van der Waals surface area contributed by atoms with E-state index >= 15 is 0 Å². The van der Waals surface area contributed by atoms with Gasteiger partial charge in [0.25, 0.3) is 0 Å². The first-order chi connectivity index (χ1) is 9.77. The van der Waals surface area contributed by atoms with Gasteiger partial charge in [-0.1, -0.05) is 24.3 Å². The van der Waals surface area contributed by atoms with E-state index in [9.17, 15) is 9.59 Å². The van der Waals surface area contributed by atoms with Crippen LogP contribution in [0.5, 0.6) is 0 Å². The van der Waals surface area contributed by atoms with Gasteiger partial charge in [-0.2, -0.15) is 0 Å². The minimum Gasteiger partial charge on any atom is -0.389 e. The average Bonchev–Trinajstić information content (AvgIpc) is 2.46. The van der Waals surface area contributed by atoms with E-state index < -0.39 is 0 Å². The van der Waals surface area contributed by atoms with Gasteiger partial charge in [-0.25, -0.2) is 0 Å². The largest absolute Gasteiger partial charge is 0.389 e. The zero-order valence-electron chi connectivity index (χ0n) is 11.4. The van der Waals surface area contributed by atoms with Gasteiger partial charge in [0.2, 0.25) is 0 Å². The van der Waals surface area contributed by atoms with Crippen LogP contribution in [0.25, 0.3) is 0 Å². The van der Waals surface area contributed by atoms with Crippen molar-refractivity contribution in [3.63, 3.8) is 0 Å². The van der Waals surface area contributed by atoms with Crippen LogP contribution in [-0.2, 0) is 26.7 Å². The molecule has 0 unspecified atom stereocenters. The Morgan fingerprint density at radius 3 is 1.48 bits per heavy atom. The van der Waals surface area contributed by atoms with Crippen molar-refractivity contribution in [1.29, 1.82) is 0 Å². The molecule has 0 bridgehead atoms. The molecule has 0 aromatic carbocycles. The third kappa shape index (κ3) is 5.42. The van der Waals surface area contributed by atoms with Crippen LogP contribution in [-0.4, -0.2) is 24.7 Å². The smallest absolute Gasteiger partial charge is 0.187 e. The van der Waals surface area contributed by atoms with E-state index in [1.165, 1.54) is 12.2 Å². The van der Waals surface area contributed by atoms with E-state index in [4.69, 9.17) is 0 Å². The number of allylic oxidation sites excluding steroid dienone is 10. The van der Waals surface area contributed by atoms with Crippen LogP contribution in [0.1, 0.15) is 0 Å². The summed E-state index contributed by atoms with van der Waals surface area (Å²) in [6.07, 6.45) is 17.1. The van der Waals surface area contributed by atoms with E-state index in [0.29, 0.717) is 24.2 Å². The summed E-state index contributed by atoms with van der Waals surface area (Å²) in [5, 5.41) is 6.12. The molecule has 0 saturated carbocycles. The molecule has 0 aromatic heterocycles. The Morgan fingerprint density at radius 2 is 1.10 bits per heavy atom. The zero-order chi connectivity index (χ0) is 14.2. The van der Waals surface area contributed by atoms with Crippen molar-refractivity contribution in [2.75, 3.05) is 13.1 Å². The van der Waals surface area contributed by atoms with Crippen molar-refractivity contribution in [2.24, 2.45) is 0 Å². The quantitative estimate of drug-likeness (QED) is 0.455. The van der Waals surface area contributed by atoms with Crippen LogP contribution in [0.15, 0.2) is 72.2 Å². The molecular formula is C16H16MnN2O2. The summed E-state index contributed by atoms with van der Waals surface area (Å²) < 4.78 is 0. The van der Waals surface area contributed by atoms with Gasteiger partial charge in [-0.3, -0.25) is 9.59 Å². The molecule has 5 heteroatoms. The maximum Gasteiger partial charge on any atom is 0.187 e. The number of hydrogen-bond acceptors (Lipinski definition) is 4. The molecule has 2 N–H and O–H groups in total. The SMILES string of the molecule is O=C1C=CC=CC1=CNCCNC=C1C=CC=CC1=O.[Mn]. The number of rotatable bonds is 5. The summed E-state index contributed by atoms with van der Waals surface area (Å²) >= 11 is 0. The molecule has 0 aliphatic heterocycles. The first kappa shape index (κ1) is 17.0. The van der Waals surface area contributed by atoms with Gasteiger partial charge in [-0.05, 0) is 24.3 Å². The van der Waals surface area contributed by atoms with E-state index in [1.54, 1.807) is 36.7 Å². The Bertz CT molecular complexity index is 529. The fourth-order valence-corrected chi connectivity index (χ4v) is 1.71. The summed E-state index contributed by atoms with van der Waals surface area (Å²) in [4.78, 5) is 22.9. The summed E-state index contributed by atoms with van der Waals surface area (Å²) in [5.74, 6) is -0.000363. The summed E-state index contributed by atoms with van der Waals surface area (Å²) in [7, 11) is 0. The molecule has 0 spiro atoms. The van der Waals surface area contributed by atoms with Crippen LogP contribution in [0.2, 0.25) is 0 Å². The van der Waals surface area contributed by atoms with E-state index in [2.05, 4.69) is 10.6 Å². The molecule has 0 heterocycles. The van der Waals surface area contributed by atoms with Crippen molar-refractivity contribution in [2.45, 2.75) is 0 Å². The van der Waals surface area contributed by atoms with E-state index in [0.717, 1.165) is 0 Å². The number of ketones is 2. The number of hydrogen-bond donors (Lipinski definition) is 2. The Balaban J connectivity index is 0.00000220. The molecule has 2 aliphatic carbocycles. The van der Waals surface area contributed by atoms with Gasteiger partial charge in [0.1, 0.15) is 0 Å². The van der Waals surface area contributed by atoms with Gasteiger partial charge in [0.15, 0.2) is 11.6 Å². The number of carbonyl (C=O) groups excluding carboxylic acids is 2. The molecule has 0 atom stereocenters. The molecule has 0 saturated heterocycles. The first-order valence-corrected chi connectivity index (χ1v) is 6.42. The van der Waals surface area contributed by atoms with Crippen LogP contribution in [0.4, 0.5) is 0 Å². The van der Waals surface area contributed by atoms with E-state index in [-0.39, 0.29) is 28.6 Å². The Hall–Kier alpha value is -2.10. The van der Waals surface area contributed by atoms with Crippen LogP contribution >= 0.6 is 0 Å². The third-order valence-corrected chi connectivity index (χ3v) is 2.77. The minimum absolute atomic E-state index is 0. The fraction of sp³-hybridized carbons (Fsp3) is 0.125. The standard InChI is InChI=1S/C16H16N2O2.Mn/c19-15-7-3-1-5-13(15)11-17-9-10-18-12-14-6-2-4-8-16(14)20;/h1-8,11-12,17-18H,9-10H2;. The molecule has 0 aromatic rings. The van der Waals surface area contributed by atoms with Crippen molar-refractivity contribution >= 4 is 11.6 Å². The van der Waals surface area contributed by atoms with Crippen LogP contribution < -0.4 is 10.6 Å². The molecule has 2 rings (SSSR count). The summed E-state index contributed by atoms with van der Waals surface area (Å²) in [6.45, 7) is 1.32. The molecule has 1 radical (unpaired) electrons. The first-order valence-electron chi connectivity index (χ1n) is 6.42. The predicted molar refractivity (Wildman–Crippen MR) is 78.7 cm³/mol. The fourth-order valence-electron chi connectivity index (χ4n) is 1.71. The van der Waals surface area contributed by atoms with Crippen LogP contribution in [0.3, 0.4) is 0 Å². The number of carbonyl (C=O) groups is 2. The normalized spacial score (nSPS) is 20.0. The predicted octanol–water partition coefficient (Wildman–Crippen LogP) is 1.32. The second kappa shape index (κ2) is 8.95. The molecule has 2 aliphatic rings. The Morgan fingerprint density at radius 1 is 0.714 bits per heavy atom. The number of nitrogens with one attached hydrogen (secondary N) is 2. The van der Waals surface area contributed by atoms with E-state index in [1.807, 2.05) is 12.2 Å². The monoisotopic (exact) mass is 323 g/mol. The second-order valence-corrected chi connectivity index (χ2v) is 4.27. The Kier molecular flexibility index (Phi) is 7.22. The van der Waals surface area contributed by atoms with Gasteiger partial charge in [0.05, 0.1) is 0 Å². The van der Waals surface area contributed by atoms with Crippen molar-refractivity contribution < 1.29 is 26.7 Å². The molecule has 0 fully saturated rings. The molecule has 21 heavy (non-hydrogen) atoms. The second-order valence-electron chi connectivity index (χ2n) is 4.27. The average molecular weight is 323 g/mol. The zero-order valence-corrected chi connectivity index (χ0v) is 12.6. The van der Waals surface area contributed by atoms with Crippen molar-refractivity contribution in [3.8, 4) is 0 Å². The summed E-state index contributed by atoms with van der Waals surface area (Å²) in [6, 6.07) is 0. The van der Waals surface area contributed by atoms with Gasteiger partial charge in [-0.15, -0.1) is 0 Å². The maximum atomic E-state index is 11.4. The van der Waals surface area contributed by atoms with Gasteiger partial charge in [0, 0.05) is 53.7 Å². The minimum atomic E-state index is -0.000182. The Labute approximate surface area is 134 Å². The molecule has 4 nitrogen and oxygen atoms in total.